The summed E-state index contributed by atoms with van der Waals surface area (Å²) in [5.41, 5.74) is 2.04. The van der Waals surface area contributed by atoms with Crippen LogP contribution in [0.1, 0.15) is 18.4 Å². The maximum absolute atomic E-state index is 15.1. The Labute approximate surface area is 153 Å². The summed E-state index contributed by atoms with van der Waals surface area (Å²) in [6, 6.07) is 14.6. The van der Waals surface area contributed by atoms with Gasteiger partial charge in [0.1, 0.15) is 5.82 Å². The second kappa shape index (κ2) is 6.44. The fourth-order valence-corrected chi connectivity index (χ4v) is 4.96. The molecule has 1 saturated heterocycles. The predicted octanol–water partition coefficient (Wildman–Crippen LogP) is 2.71. The van der Waals surface area contributed by atoms with E-state index in [-0.39, 0.29) is 23.3 Å². The Kier molecular flexibility index (Phi) is 4.37. The third-order valence-corrected chi connectivity index (χ3v) is 6.30. The molecule has 2 aliphatic rings. The van der Waals surface area contributed by atoms with E-state index in [9.17, 15) is 8.42 Å². The average molecular weight is 374 g/mol. The molecule has 0 radical (unpaired) electrons. The summed E-state index contributed by atoms with van der Waals surface area (Å²) in [7, 11) is -3.31. The molecule has 2 N–H and O–H groups in total. The Bertz CT molecular complexity index is 911. The molecule has 0 amide bonds. The van der Waals surface area contributed by atoms with E-state index in [0.717, 1.165) is 24.9 Å². The van der Waals surface area contributed by atoms with Crippen molar-refractivity contribution in [2.24, 2.45) is 5.41 Å². The van der Waals surface area contributed by atoms with Crippen LogP contribution in [0.15, 0.2) is 48.5 Å². The molecular formula is C20H23FN2O2S. The molecule has 4 rings (SSSR count). The van der Waals surface area contributed by atoms with E-state index in [0.29, 0.717) is 17.5 Å². The zero-order valence-corrected chi connectivity index (χ0v) is 15.5. The van der Waals surface area contributed by atoms with Crippen molar-refractivity contribution in [2.45, 2.75) is 31.3 Å². The van der Waals surface area contributed by atoms with E-state index in [2.05, 4.69) is 10.0 Å². The van der Waals surface area contributed by atoms with Gasteiger partial charge in [0, 0.05) is 29.6 Å². The number of nitrogens with one attached hydrogen (secondary N) is 2. The van der Waals surface area contributed by atoms with Gasteiger partial charge in [0.15, 0.2) is 0 Å². The van der Waals surface area contributed by atoms with Crippen LogP contribution in [0.4, 0.5) is 4.39 Å². The molecule has 0 bridgehead atoms. The summed E-state index contributed by atoms with van der Waals surface area (Å²) < 4.78 is 41.5. The number of sulfonamides is 1. The van der Waals surface area contributed by atoms with E-state index in [4.69, 9.17) is 0 Å². The lowest BCUT2D eigenvalue weighted by atomic mass is 9.91. The standard InChI is InChI=1S/C20H23FN2O2S/c1-26(24,25)23-19-17(22-13-20(19)10-11-20)12-15-8-5-9-16(18(15)21)14-6-3-2-4-7-14/h2-9,17,19,22-23H,10-13H2,1H3/t17-,19+/m0/s1. The molecule has 0 unspecified atom stereocenters. The van der Waals surface area contributed by atoms with Crippen LogP contribution in [-0.2, 0) is 16.4 Å². The molecule has 2 atom stereocenters. The van der Waals surface area contributed by atoms with Gasteiger partial charge < -0.3 is 5.32 Å². The van der Waals surface area contributed by atoms with E-state index in [1.165, 1.54) is 6.26 Å². The number of hydrogen-bond donors (Lipinski definition) is 2. The Hall–Kier alpha value is -1.76. The lowest BCUT2D eigenvalue weighted by molar-refractivity contribution is 0.407. The monoisotopic (exact) mass is 374 g/mol. The van der Waals surface area contributed by atoms with Gasteiger partial charge in [0.25, 0.3) is 0 Å². The molecule has 1 aliphatic heterocycles. The molecule has 4 nitrogen and oxygen atoms in total. The summed E-state index contributed by atoms with van der Waals surface area (Å²) in [6.07, 6.45) is 3.67. The number of hydrogen-bond acceptors (Lipinski definition) is 3. The Balaban J connectivity index is 1.61. The molecule has 1 spiro atoms. The second-order valence-corrected chi connectivity index (χ2v) is 9.35. The topological polar surface area (TPSA) is 58.2 Å². The normalized spacial score (nSPS) is 24.1. The number of halogens is 1. The molecule has 0 aromatic heterocycles. The quantitative estimate of drug-likeness (QED) is 0.846. The van der Waals surface area contributed by atoms with Gasteiger partial charge in [0.05, 0.1) is 6.26 Å². The van der Waals surface area contributed by atoms with Crippen molar-refractivity contribution in [2.75, 3.05) is 12.8 Å². The molecule has 138 valence electrons. The minimum Gasteiger partial charge on any atom is -0.311 e. The maximum Gasteiger partial charge on any atom is 0.209 e. The fourth-order valence-electron chi connectivity index (χ4n) is 4.08. The number of benzene rings is 2. The van der Waals surface area contributed by atoms with Crippen molar-refractivity contribution in [1.82, 2.24) is 10.0 Å². The van der Waals surface area contributed by atoms with Crippen LogP contribution in [0.25, 0.3) is 11.1 Å². The molecule has 2 aromatic carbocycles. The van der Waals surface area contributed by atoms with Crippen LogP contribution in [0, 0.1) is 11.2 Å². The Morgan fingerprint density at radius 2 is 1.88 bits per heavy atom. The predicted molar refractivity (Wildman–Crippen MR) is 101 cm³/mol. The largest absolute Gasteiger partial charge is 0.311 e. The van der Waals surface area contributed by atoms with Crippen LogP contribution in [0.3, 0.4) is 0 Å². The first-order chi connectivity index (χ1) is 12.4. The first kappa shape index (κ1) is 17.6. The lowest BCUT2D eigenvalue weighted by Gasteiger charge is -2.24. The highest BCUT2D eigenvalue weighted by molar-refractivity contribution is 7.88. The van der Waals surface area contributed by atoms with Crippen LogP contribution in [0.2, 0.25) is 0 Å². The minimum atomic E-state index is -3.31. The third kappa shape index (κ3) is 3.41. The Morgan fingerprint density at radius 1 is 1.15 bits per heavy atom. The highest BCUT2D eigenvalue weighted by Gasteiger charge is 2.56. The van der Waals surface area contributed by atoms with Gasteiger partial charge in [-0.1, -0.05) is 48.5 Å². The summed E-state index contributed by atoms with van der Waals surface area (Å²) in [4.78, 5) is 0. The molecule has 26 heavy (non-hydrogen) atoms. The van der Waals surface area contributed by atoms with E-state index < -0.39 is 10.0 Å². The Morgan fingerprint density at radius 3 is 2.54 bits per heavy atom. The summed E-state index contributed by atoms with van der Waals surface area (Å²) in [5.74, 6) is -0.227. The molecule has 2 fully saturated rings. The minimum absolute atomic E-state index is 0.00125. The van der Waals surface area contributed by atoms with Crippen molar-refractivity contribution in [3.05, 3.63) is 59.9 Å². The summed E-state index contributed by atoms with van der Waals surface area (Å²) >= 11 is 0. The van der Waals surface area contributed by atoms with Gasteiger partial charge >= 0.3 is 0 Å². The van der Waals surface area contributed by atoms with Crippen molar-refractivity contribution in [3.63, 3.8) is 0 Å². The summed E-state index contributed by atoms with van der Waals surface area (Å²) in [6.45, 7) is 0.783. The van der Waals surface area contributed by atoms with Crippen molar-refractivity contribution >= 4 is 10.0 Å². The van der Waals surface area contributed by atoms with Gasteiger partial charge in [-0.25, -0.2) is 17.5 Å². The average Bonchev–Trinajstić information content (AvgIpc) is 3.32. The first-order valence-corrected chi connectivity index (χ1v) is 10.8. The highest BCUT2D eigenvalue weighted by atomic mass is 32.2. The van der Waals surface area contributed by atoms with Gasteiger partial charge in [-0.05, 0) is 30.4 Å². The molecule has 6 heteroatoms. The van der Waals surface area contributed by atoms with Gasteiger partial charge in [-0.15, -0.1) is 0 Å². The second-order valence-electron chi connectivity index (χ2n) is 7.57. The molecule has 1 heterocycles. The first-order valence-electron chi connectivity index (χ1n) is 8.91. The SMILES string of the molecule is CS(=O)(=O)N[C@@H]1[C@H](Cc2cccc(-c3ccccc3)c2F)NCC12CC2. The van der Waals surface area contributed by atoms with Gasteiger partial charge in [-0.2, -0.15) is 0 Å². The molecular weight excluding hydrogens is 351 g/mol. The highest BCUT2D eigenvalue weighted by Crippen LogP contribution is 2.52. The van der Waals surface area contributed by atoms with Gasteiger partial charge in [0.2, 0.25) is 10.0 Å². The van der Waals surface area contributed by atoms with E-state index in [1.807, 2.05) is 36.4 Å². The van der Waals surface area contributed by atoms with Crippen LogP contribution >= 0.6 is 0 Å². The van der Waals surface area contributed by atoms with Crippen molar-refractivity contribution < 1.29 is 12.8 Å². The maximum atomic E-state index is 15.1. The van der Waals surface area contributed by atoms with E-state index >= 15 is 4.39 Å². The smallest absolute Gasteiger partial charge is 0.209 e. The third-order valence-electron chi connectivity index (χ3n) is 5.62. The van der Waals surface area contributed by atoms with Crippen molar-refractivity contribution in [3.8, 4) is 11.1 Å². The van der Waals surface area contributed by atoms with Gasteiger partial charge in [-0.3, -0.25) is 0 Å². The van der Waals surface area contributed by atoms with Crippen LogP contribution in [0.5, 0.6) is 0 Å². The fraction of sp³-hybridized carbons (Fsp3) is 0.400. The zero-order chi connectivity index (χ0) is 18.4. The molecule has 1 aliphatic carbocycles. The zero-order valence-electron chi connectivity index (χ0n) is 14.7. The number of rotatable bonds is 5. The van der Waals surface area contributed by atoms with E-state index in [1.54, 1.807) is 12.1 Å². The van der Waals surface area contributed by atoms with Crippen LogP contribution in [-0.4, -0.2) is 33.3 Å². The lowest BCUT2D eigenvalue weighted by Crippen LogP contribution is -2.47. The van der Waals surface area contributed by atoms with Crippen LogP contribution < -0.4 is 10.0 Å². The van der Waals surface area contributed by atoms with Crippen molar-refractivity contribution in [1.29, 1.82) is 0 Å². The molecule has 2 aromatic rings. The molecule has 1 saturated carbocycles. The summed E-state index contributed by atoms with van der Waals surface area (Å²) in [5, 5.41) is 3.42.